The number of hydrogen-bond acceptors (Lipinski definition) is 5. The van der Waals surface area contributed by atoms with Crippen LogP contribution in [0, 0.1) is 0 Å². The molecule has 0 bridgehead atoms. The molecule has 0 unspecified atom stereocenters. The molecule has 0 saturated heterocycles. The Morgan fingerprint density at radius 3 is 2.58 bits per heavy atom. The second-order valence-electron chi connectivity index (χ2n) is 5.21. The van der Waals surface area contributed by atoms with Crippen molar-refractivity contribution >= 4 is 28.9 Å². The summed E-state index contributed by atoms with van der Waals surface area (Å²) in [7, 11) is 0. The summed E-state index contributed by atoms with van der Waals surface area (Å²) in [6.07, 6.45) is 0.0408. The Hall–Kier alpha value is -2.34. The average Bonchev–Trinajstić information content (AvgIpc) is 3.08. The van der Waals surface area contributed by atoms with E-state index >= 15 is 0 Å². The molecule has 0 radical (unpaired) electrons. The topological polar surface area (TPSA) is 64.6 Å². The molecule has 2 aromatic rings. The van der Waals surface area contributed by atoms with Gasteiger partial charge in [0.05, 0.1) is 6.61 Å². The lowest BCUT2D eigenvalue weighted by atomic mass is 10.2. The smallest absolute Gasteiger partial charge is 0.306 e. The molecule has 0 fully saturated rings. The zero-order valence-electron chi connectivity index (χ0n) is 13.8. The van der Waals surface area contributed by atoms with Gasteiger partial charge in [0.2, 0.25) is 0 Å². The zero-order valence-corrected chi connectivity index (χ0v) is 14.6. The van der Waals surface area contributed by atoms with Crippen LogP contribution >= 0.6 is 11.3 Å². The third-order valence-electron chi connectivity index (χ3n) is 3.31. The van der Waals surface area contributed by atoms with Gasteiger partial charge in [-0.3, -0.25) is 9.59 Å². The average molecular weight is 347 g/mol. The SMILES string of the molecule is CCOc1ccc(NC(=O)[C@@H](C)OC(=O)CCc2ccsc2)cc1. The highest BCUT2D eigenvalue weighted by molar-refractivity contribution is 7.07. The number of amides is 1. The molecule has 6 heteroatoms. The van der Waals surface area contributed by atoms with Crippen LogP contribution in [0.1, 0.15) is 25.8 Å². The highest BCUT2D eigenvalue weighted by Gasteiger charge is 2.17. The number of hydrogen-bond donors (Lipinski definition) is 1. The minimum atomic E-state index is -0.841. The Morgan fingerprint density at radius 2 is 1.96 bits per heavy atom. The van der Waals surface area contributed by atoms with E-state index in [2.05, 4.69) is 5.32 Å². The van der Waals surface area contributed by atoms with Crippen LogP contribution in [0.15, 0.2) is 41.1 Å². The zero-order chi connectivity index (χ0) is 17.4. The molecule has 0 saturated carbocycles. The first-order chi connectivity index (χ1) is 11.6. The molecule has 0 aliphatic carbocycles. The van der Waals surface area contributed by atoms with Crippen molar-refractivity contribution in [1.29, 1.82) is 0 Å². The number of carbonyl (C=O) groups excluding carboxylic acids is 2. The highest BCUT2D eigenvalue weighted by Crippen LogP contribution is 2.16. The van der Waals surface area contributed by atoms with Crippen LogP contribution in [0.4, 0.5) is 5.69 Å². The molecule has 24 heavy (non-hydrogen) atoms. The Balaban J connectivity index is 1.77. The van der Waals surface area contributed by atoms with Gasteiger partial charge in [-0.05, 0) is 66.9 Å². The Labute approximate surface area is 145 Å². The van der Waals surface area contributed by atoms with Gasteiger partial charge in [-0.15, -0.1) is 0 Å². The second kappa shape index (κ2) is 9.08. The fourth-order valence-electron chi connectivity index (χ4n) is 2.04. The van der Waals surface area contributed by atoms with E-state index in [4.69, 9.17) is 9.47 Å². The molecule has 128 valence electrons. The number of aryl methyl sites for hydroxylation is 1. The molecule has 0 spiro atoms. The van der Waals surface area contributed by atoms with Crippen molar-refractivity contribution in [2.24, 2.45) is 0 Å². The van der Waals surface area contributed by atoms with Crippen molar-refractivity contribution < 1.29 is 19.1 Å². The fraction of sp³-hybridized carbons (Fsp3) is 0.333. The summed E-state index contributed by atoms with van der Waals surface area (Å²) in [4.78, 5) is 23.9. The fourth-order valence-corrected chi connectivity index (χ4v) is 2.74. The summed E-state index contributed by atoms with van der Waals surface area (Å²) in [6.45, 7) is 4.06. The van der Waals surface area contributed by atoms with Crippen LogP contribution in [0.2, 0.25) is 0 Å². The van der Waals surface area contributed by atoms with E-state index in [1.54, 1.807) is 42.5 Å². The van der Waals surface area contributed by atoms with Crippen molar-refractivity contribution in [3.05, 3.63) is 46.7 Å². The Kier molecular flexibility index (Phi) is 6.81. The van der Waals surface area contributed by atoms with Crippen molar-refractivity contribution in [2.75, 3.05) is 11.9 Å². The quantitative estimate of drug-likeness (QED) is 0.740. The lowest BCUT2D eigenvalue weighted by Crippen LogP contribution is -2.30. The lowest BCUT2D eigenvalue weighted by molar-refractivity contribution is -0.153. The van der Waals surface area contributed by atoms with Crippen molar-refractivity contribution in [3.8, 4) is 5.75 Å². The number of carbonyl (C=O) groups is 2. The van der Waals surface area contributed by atoms with Crippen LogP contribution < -0.4 is 10.1 Å². The molecule has 1 N–H and O–H groups in total. The van der Waals surface area contributed by atoms with Crippen LogP contribution in [-0.4, -0.2) is 24.6 Å². The van der Waals surface area contributed by atoms with E-state index in [1.165, 1.54) is 0 Å². The maximum atomic E-state index is 12.1. The summed E-state index contributed by atoms with van der Waals surface area (Å²) in [5.41, 5.74) is 1.73. The van der Waals surface area contributed by atoms with Crippen LogP contribution in [0.3, 0.4) is 0 Å². The van der Waals surface area contributed by atoms with Gasteiger partial charge >= 0.3 is 5.97 Å². The number of thiophene rings is 1. The van der Waals surface area contributed by atoms with E-state index in [-0.39, 0.29) is 18.3 Å². The Bertz CT molecular complexity index is 652. The summed E-state index contributed by atoms with van der Waals surface area (Å²) in [6, 6.07) is 9.01. The molecular weight excluding hydrogens is 326 g/mol. The predicted molar refractivity (Wildman–Crippen MR) is 94.4 cm³/mol. The van der Waals surface area contributed by atoms with E-state index in [0.29, 0.717) is 18.7 Å². The van der Waals surface area contributed by atoms with Crippen LogP contribution in [0.5, 0.6) is 5.75 Å². The summed E-state index contributed by atoms with van der Waals surface area (Å²) < 4.78 is 10.5. The first-order valence-electron chi connectivity index (χ1n) is 7.82. The Morgan fingerprint density at radius 1 is 1.21 bits per heavy atom. The molecular formula is C18H21NO4S. The lowest BCUT2D eigenvalue weighted by Gasteiger charge is -2.13. The molecule has 1 amide bonds. The maximum absolute atomic E-state index is 12.1. The third kappa shape index (κ3) is 5.70. The van der Waals surface area contributed by atoms with Gasteiger partial charge in [-0.2, -0.15) is 11.3 Å². The summed E-state index contributed by atoms with van der Waals surface area (Å²) in [5.74, 6) is 0.00184. The number of ether oxygens (including phenoxy) is 2. The predicted octanol–water partition coefficient (Wildman–Crippen LogP) is 3.65. The minimum absolute atomic E-state index is 0.261. The standard InChI is InChI=1S/C18H21NO4S/c1-3-22-16-7-5-15(6-8-16)19-18(21)13(2)23-17(20)9-4-14-10-11-24-12-14/h5-8,10-13H,3-4,9H2,1-2H3,(H,19,21)/t13-/m1/s1. The highest BCUT2D eigenvalue weighted by atomic mass is 32.1. The van der Waals surface area contributed by atoms with Gasteiger partial charge in [0.15, 0.2) is 6.10 Å². The second-order valence-corrected chi connectivity index (χ2v) is 5.99. The number of anilines is 1. The van der Waals surface area contributed by atoms with Gasteiger partial charge < -0.3 is 14.8 Å². The van der Waals surface area contributed by atoms with Gasteiger partial charge in [0.25, 0.3) is 5.91 Å². The third-order valence-corrected chi connectivity index (χ3v) is 4.04. The first kappa shape index (κ1) is 18.0. The first-order valence-corrected chi connectivity index (χ1v) is 8.77. The molecule has 0 aliphatic rings. The number of nitrogens with one attached hydrogen (secondary N) is 1. The molecule has 1 atom stereocenters. The minimum Gasteiger partial charge on any atom is -0.494 e. The van der Waals surface area contributed by atoms with Crippen molar-refractivity contribution in [1.82, 2.24) is 0 Å². The van der Waals surface area contributed by atoms with E-state index in [0.717, 1.165) is 11.3 Å². The van der Waals surface area contributed by atoms with Gasteiger partial charge in [-0.25, -0.2) is 0 Å². The van der Waals surface area contributed by atoms with Crippen molar-refractivity contribution in [2.45, 2.75) is 32.8 Å². The number of rotatable bonds is 8. The molecule has 0 aliphatic heterocycles. The van der Waals surface area contributed by atoms with Crippen LogP contribution in [-0.2, 0) is 20.7 Å². The largest absolute Gasteiger partial charge is 0.494 e. The van der Waals surface area contributed by atoms with Crippen LogP contribution in [0.25, 0.3) is 0 Å². The number of esters is 1. The molecule has 2 rings (SSSR count). The monoisotopic (exact) mass is 347 g/mol. The van der Waals surface area contributed by atoms with Gasteiger partial charge in [-0.1, -0.05) is 0 Å². The molecule has 1 aromatic heterocycles. The maximum Gasteiger partial charge on any atom is 0.306 e. The molecule has 1 heterocycles. The van der Waals surface area contributed by atoms with E-state index < -0.39 is 6.10 Å². The van der Waals surface area contributed by atoms with Gasteiger partial charge in [0, 0.05) is 12.1 Å². The normalized spacial score (nSPS) is 11.6. The van der Waals surface area contributed by atoms with E-state index in [1.807, 2.05) is 23.8 Å². The van der Waals surface area contributed by atoms with Gasteiger partial charge in [0.1, 0.15) is 5.75 Å². The van der Waals surface area contributed by atoms with Crippen molar-refractivity contribution in [3.63, 3.8) is 0 Å². The molecule has 1 aromatic carbocycles. The molecule has 5 nitrogen and oxygen atoms in total. The summed E-state index contributed by atoms with van der Waals surface area (Å²) >= 11 is 1.59. The van der Waals surface area contributed by atoms with E-state index in [9.17, 15) is 9.59 Å². The summed E-state index contributed by atoms with van der Waals surface area (Å²) in [5, 5.41) is 6.68. The number of benzene rings is 1.